The van der Waals surface area contributed by atoms with Gasteiger partial charge in [-0.25, -0.2) is 9.97 Å². The van der Waals surface area contributed by atoms with Crippen molar-refractivity contribution in [3.63, 3.8) is 0 Å². The van der Waals surface area contributed by atoms with Crippen molar-refractivity contribution in [2.24, 2.45) is 0 Å². The van der Waals surface area contributed by atoms with Crippen LogP contribution in [-0.2, 0) is 6.54 Å². The third kappa shape index (κ3) is 3.16. The van der Waals surface area contributed by atoms with Gasteiger partial charge in [0.05, 0.1) is 11.5 Å². The highest BCUT2D eigenvalue weighted by Gasteiger charge is 2.15. The molecule has 2 N–H and O–H groups in total. The largest absolute Gasteiger partial charge is 0.373 e. The van der Waals surface area contributed by atoms with E-state index in [4.69, 9.17) is 0 Å². The lowest BCUT2D eigenvalue weighted by Gasteiger charge is -2.06. The SMILES string of the molecule is CNc1ccc([N+](=O)[O-])c(NCc2ncc(C)s2)n1. The Kier molecular flexibility index (Phi) is 3.91. The van der Waals surface area contributed by atoms with E-state index in [9.17, 15) is 10.1 Å². The molecule has 19 heavy (non-hydrogen) atoms. The fourth-order valence-corrected chi connectivity index (χ4v) is 2.24. The van der Waals surface area contributed by atoms with Crippen LogP contribution in [0.1, 0.15) is 9.88 Å². The second kappa shape index (κ2) is 5.61. The summed E-state index contributed by atoms with van der Waals surface area (Å²) in [4.78, 5) is 19.9. The van der Waals surface area contributed by atoms with Gasteiger partial charge in [0.2, 0.25) is 5.82 Å². The number of nitrogens with zero attached hydrogens (tertiary/aromatic N) is 3. The molecule has 0 saturated carbocycles. The molecule has 0 unspecified atom stereocenters. The van der Waals surface area contributed by atoms with E-state index in [0.29, 0.717) is 12.4 Å². The molecular weight excluding hydrogens is 266 g/mol. The van der Waals surface area contributed by atoms with Crippen LogP contribution in [0.2, 0.25) is 0 Å². The third-order valence-electron chi connectivity index (χ3n) is 2.40. The number of hydrogen-bond donors (Lipinski definition) is 2. The molecule has 0 spiro atoms. The lowest BCUT2D eigenvalue weighted by atomic mass is 10.3. The third-order valence-corrected chi connectivity index (χ3v) is 3.32. The predicted molar refractivity (Wildman–Crippen MR) is 74.6 cm³/mol. The second-order valence-electron chi connectivity index (χ2n) is 3.79. The van der Waals surface area contributed by atoms with E-state index in [-0.39, 0.29) is 11.5 Å². The quantitative estimate of drug-likeness (QED) is 0.645. The molecule has 2 aromatic heterocycles. The Balaban J connectivity index is 2.19. The highest BCUT2D eigenvalue weighted by Crippen LogP contribution is 2.24. The van der Waals surface area contributed by atoms with Crippen molar-refractivity contribution in [2.45, 2.75) is 13.5 Å². The number of nitrogens with one attached hydrogen (secondary N) is 2. The zero-order valence-electron chi connectivity index (χ0n) is 10.5. The van der Waals surface area contributed by atoms with Gasteiger partial charge in [0.25, 0.3) is 0 Å². The van der Waals surface area contributed by atoms with Crippen LogP contribution < -0.4 is 10.6 Å². The minimum Gasteiger partial charge on any atom is -0.373 e. The summed E-state index contributed by atoms with van der Waals surface area (Å²) in [6.45, 7) is 2.38. The summed E-state index contributed by atoms with van der Waals surface area (Å²) in [5.74, 6) is 0.813. The van der Waals surface area contributed by atoms with Crippen molar-refractivity contribution < 1.29 is 4.92 Å². The molecule has 0 bridgehead atoms. The summed E-state index contributed by atoms with van der Waals surface area (Å²) in [6.07, 6.45) is 1.77. The van der Waals surface area contributed by atoms with E-state index >= 15 is 0 Å². The van der Waals surface area contributed by atoms with Crippen molar-refractivity contribution >= 4 is 28.7 Å². The van der Waals surface area contributed by atoms with Crippen LogP contribution in [-0.4, -0.2) is 21.9 Å². The number of nitro groups is 1. The topological polar surface area (TPSA) is 93.0 Å². The van der Waals surface area contributed by atoms with Crippen molar-refractivity contribution in [1.29, 1.82) is 0 Å². The van der Waals surface area contributed by atoms with Gasteiger partial charge in [0, 0.05) is 24.2 Å². The molecule has 0 amide bonds. The van der Waals surface area contributed by atoms with Crippen molar-refractivity contribution in [1.82, 2.24) is 9.97 Å². The average Bonchev–Trinajstić information content (AvgIpc) is 2.81. The van der Waals surface area contributed by atoms with Gasteiger partial charge in [0.15, 0.2) is 0 Å². The van der Waals surface area contributed by atoms with E-state index in [2.05, 4.69) is 20.6 Å². The van der Waals surface area contributed by atoms with E-state index in [1.54, 1.807) is 30.6 Å². The van der Waals surface area contributed by atoms with Crippen LogP contribution in [0.3, 0.4) is 0 Å². The molecule has 100 valence electrons. The molecule has 8 heteroatoms. The van der Waals surface area contributed by atoms with Gasteiger partial charge in [-0.05, 0) is 13.0 Å². The molecule has 0 aliphatic heterocycles. The second-order valence-corrected chi connectivity index (χ2v) is 5.11. The number of rotatable bonds is 5. The Bertz CT molecular complexity index is 599. The molecular formula is C11H13N5O2S. The van der Waals surface area contributed by atoms with Gasteiger partial charge < -0.3 is 10.6 Å². The van der Waals surface area contributed by atoms with Crippen LogP contribution in [0, 0.1) is 17.0 Å². The summed E-state index contributed by atoms with van der Waals surface area (Å²) >= 11 is 1.54. The van der Waals surface area contributed by atoms with E-state index in [0.717, 1.165) is 9.88 Å². The number of aryl methyl sites for hydroxylation is 1. The first-order valence-corrected chi connectivity index (χ1v) is 6.40. The molecule has 0 aliphatic rings. The van der Waals surface area contributed by atoms with Gasteiger partial charge in [0.1, 0.15) is 10.8 Å². The maximum absolute atomic E-state index is 10.9. The van der Waals surface area contributed by atoms with Crippen molar-refractivity contribution in [2.75, 3.05) is 17.7 Å². The zero-order chi connectivity index (χ0) is 13.8. The first-order chi connectivity index (χ1) is 9.10. The van der Waals surface area contributed by atoms with Crippen LogP contribution >= 0.6 is 11.3 Å². The first kappa shape index (κ1) is 13.2. The maximum atomic E-state index is 10.9. The van der Waals surface area contributed by atoms with Crippen LogP contribution in [0.5, 0.6) is 0 Å². The van der Waals surface area contributed by atoms with Gasteiger partial charge >= 0.3 is 5.69 Å². The summed E-state index contributed by atoms with van der Waals surface area (Å²) < 4.78 is 0. The number of aromatic nitrogens is 2. The summed E-state index contributed by atoms with van der Waals surface area (Å²) in [5.41, 5.74) is -0.0488. The zero-order valence-corrected chi connectivity index (χ0v) is 11.3. The van der Waals surface area contributed by atoms with E-state index in [1.165, 1.54) is 6.07 Å². The standard InChI is InChI=1S/C11H13N5O2S/c1-7-5-13-10(19-7)6-14-11-8(16(17)18)3-4-9(12-2)15-11/h3-5H,6H2,1-2H3,(H2,12,14,15). The fraction of sp³-hybridized carbons (Fsp3) is 0.273. The number of anilines is 2. The smallest absolute Gasteiger partial charge is 0.311 e. The maximum Gasteiger partial charge on any atom is 0.311 e. The summed E-state index contributed by atoms with van der Waals surface area (Å²) in [5, 5.41) is 17.6. The van der Waals surface area contributed by atoms with Gasteiger partial charge in [-0.2, -0.15) is 0 Å². The minimum absolute atomic E-state index is 0.0488. The van der Waals surface area contributed by atoms with Crippen molar-refractivity contribution in [3.8, 4) is 0 Å². The fourth-order valence-electron chi connectivity index (χ4n) is 1.51. The first-order valence-electron chi connectivity index (χ1n) is 5.58. The number of pyridine rings is 1. The molecule has 0 saturated heterocycles. The minimum atomic E-state index is -0.456. The summed E-state index contributed by atoms with van der Waals surface area (Å²) in [7, 11) is 1.71. The molecule has 2 rings (SSSR count). The molecule has 2 heterocycles. The Labute approximate surface area is 113 Å². The average molecular weight is 279 g/mol. The molecule has 0 aromatic carbocycles. The Hall–Kier alpha value is -2.22. The highest BCUT2D eigenvalue weighted by atomic mass is 32.1. The van der Waals surface area contributed by atoms with Crippen LogP contribution in [0.15, 0.2) is 18.3 Å². The number of thiazole rings is 1. The Morgan fingerprint density at radius 1 is 1.47 bits per heavy atom. The lowest BCUT2D eigenvalue weighted by molar-refractivity contribution is -0.384. The van der Waals surface area contributed by atoms with E-state index in [1.807, 2.05) is 6.92 Å². The predicted octanol–water partition coefficient (Wildman–Crippen LogP) is 2.41. The molecule has 0 atom stereocenters. The molecule has 7 nitrogen and oxygen atoms in total. The molecule has 2 aromatic rings. The van der Waals surface area contributed by atoms with Gasteiger partial charge in [-0.1, -0.05) is 0 Å². The normalized spacial score (nSPS) is 10.2. The van der Waals surface area contributed by atoms with E-state index < -0.39 is 4.92 Å². The molecule has 0 radical (unpaired) electrons. The molecule has 0 fully saturated rings. The van der Waals surface area contributed by atoms with Gasteiger partial charge in [-0.3, -0.25) is 10.1 Å². The van der Waals surface area contributed by atoms with Gasteiger partial charge in [-0.15, -0.1) is 11.3 Å². The molecule has 0 aliphatic carbocycles. The highest BCUT2D eigenvalue weighted by molar-refractivity contribution is 7.11. The monoisotopic (exact) mass is 279 g/mol. The van der Waals surface area contributed by atoms with Crippen molar-refractivity contribution in [3.05, 3.63) is 38.3 Å². The van der Waals surface area contributed by atoms with Crippen LogP contribution in [0.25, 0.3) is 0 Å². The number of hydrogen-bond acceptors (Lipinski definition) is 7. The Morgan fingerprint density at radius 2 is 2.26 bits per heavy atom. The lowest BCUT2D eigenvalue weighted by Crippen LogP contribution is -2.06. The summed E-state index contributed by atoms with van der Waals surface area (Å²) in [6, 6.07) is 2.99. The Morgan fingerprint density at radius 3 is 2.84 bits per heavy atom. The van der Waals surface area contributed by atoms with Crippen LogP contribution in [0.4, 0.5) is 17.3 Å².